The normalized spacial score (nSPS) is 11.9. The van der Waals surface area contributed by atoms with Crippen molar-refractivity contribution in [2.24, 2.45) is 0 Å². The van der Waals surface area contributed by atoms with E-state index in [4.69, 9.17) is 5.73 Å². The molecular formula is C8H11F2N3O5S2. The third-order valence-corrected chi connectivity index (χ3v) is 4.85. The lowest BCUT2D eigenvalue weighted by Crippen LogP contribution is -2.27. The molecule has 0 saturated heterocycles. The maximum Gasteiger partial charge on any atom is 0.304 e. The van der Waals surface area contributed by atoms with Gasteiger partial charge in [0, 0.05) is 12.6 Å². The van der Waals surface area contributed by atoms with Gasteiger partial charge in [0.15, 0.2) is 5.00 Å². The summed E-state index contributed by atoms with van der Waals surface area (Å²) in [6, 6.07) is 0.836. The molecule has 1 aromatic heterocycles. The molecule has 1 aromatic rings. The lowest BCUT2D eigenvalue weighted by Gasteiger charge is -2.05. The average molecular weight is 331 g/mol. The molecule has 8 nitrogen and oxygen atoms in total. The highest BCUT2D eigenvalue weighted by molar-refractivity contribution is 7.91. The Bertz CT molecular complexity index is 575. The van der Waals surface area contributed by atoms with E-state index in [9.17, 15) is 27.3 Å². The van der Waals surface area contributed by atoms with Crippen molar-refractivity contribution in [1.82, 2.24) is 4.72 Å². The van der Waals surface area contributed by atoms with Gasteiger partial charge < -0.3 is 10.5 Å². The molecule has 20 heavy (non-hydrogen) atoms. The maximum absolute atomic E-state index is 11.7. The Kier molecular flexibility index (Phi) is 5.74. The van der Waals surface area contributed by atoms with Crippen LogP contribution in [0.2, 0.25) is 0 Å². The molecule has 0 aliphatic heterocycles. The maximum atomic E-state index is 11.7. The molecule has 1 rings (SSSR count). The second kappa shape index (κ2) is 6.88. The van der Waals surface area contributed by atoms with E-state index in [-0.39, 0.29) is 22.4 Å². The van der Waals surface area contributed by atoms with Gasteiger partial charge in [0.1, 0.15) is 10.8 Å². The molecule has 0 bridgehead atoms. The number of anilines is 1. The smallest absolute Gasteiger partial charge is 0.304 e. The Morgan fingerprint density at radius 1 is 1.55 bits per heavy atom. The fraction of sp³-hybridized carbons (Fsp3) is 0.500. The number of sulfonamides is 1. The number of nitrogens with two attached hydrogens (primary N) is 1. The standard InChI is InChI=1S/C8H11F2N3O5S2/c9-6(10)4-18-2-1-12-20(16,17)7-3-5(13(14)15)8(11)19-7/h3,6,12H,1-2,4,11H2. The molecule has 0 fully saturated rings. The summed E-state index contributed by atoms with van der Waals surface area (Å²) in [5, 5.41) is 10.3. The molecule has 0 amide bonds. The molecule has 0 aliphatic rings. The third kappa shape index (κ3) is 4.63. The van der Waals surface area contributed by atoms with Crippen molar-refractivity contribution >= 4 is 32.0 Å². The lowest BCUT2D eigenvalue weighted by atomic mass is 10.5. The number of nitrogen functional groups attached to an aromatic ring is 1. The summed E-state index contributed by atoms with van der Waals surface area (Å²) >= 11 is 0.543. The van der Waals surface area contributed by atoms with E-state index in [1.165, 1.54) is 0 Å². The van der Waals surface area contributed by atoms with Crippen LogP contribution < -0.4 is 10.5 Å². The summed E-state index contributed by atoms with van der Waals surface area (Å²) < 4.78 is 53.2. The van der Waals surface area contributed by atoms with E-state index in [2.05, 4.69) is 9.46 Å². The van der Waals surface area contributed by atoms with Crippen molar-refractivity contribution < 1.29 is 26.9 Å². The summed E-state index contributed by atoms with van der Waals surface area (Å²) in [5.41, 5.74) is 4.83. The highest BCUT2D eigenvalue weighted by Crippen LogP contribution is 2.34. The molecule has 1 heterocycles. The molecule has 0 unspecified atom stereocenters. The minimum Gasteiger partial charge on any atom is -0.385 e. The van der Waals surface area contributed by atoms with Gasteiger partial charge in [0.25, 0.3) is 6.43 Å². The summed E-state index contributed by atoms with van der Waals surface area (Å²) in [5.74, 6) is 0. The number of hydrogen-bond acceptors (Lipinski definition) is 7. The van der Waals surface area contributed by atoms with Crippen LogP contribution in [0.1, 0.15) is 0 Å². The Hall–Kier alpha value is -1.37. The molecule has 0 radical (unpaired) electrons. The second-order valence-electron chi connectivity index (χ2n) is 3.44. The van der Waals surface area contributed by atoms with Crippen LogP contribution in [-0.2, 0) is 14.8 Å². The van der Waals surface area contributed by atoms with Crippen molar-refractivity contribution in [2.45, 2.75) is 10.6 Å². The number of alkyl halides is 2. The molecule has 114 valence electrons. The molecular weight excluding hydrogens is 320 g/mol. The zero-order valence-corrected chi connectivity index (χ0v) is 11.5. The summed E-state index contributed by atoms with van der Waals surface area (Å²) in [6.45, 7) is -1.27. The number of hydrogen-bond donors (Lipinski definition) is 2. The molecule has 3 N–H and O–H groups in total. The number of halogens is 2. The number of nitrogens with zero attached hydrogens (tertiary/aromatic N) is 1. The van der Waals surface area contributed by atoms with E-state index in [0.29, 0.717) is 11.3 Å². The third-order valence-electron chi connectivity index (χ3n) is 1.96. The second-order valence-corrected chi connectivity index (χ2v) is 6.51. The summed E-state index contributed by atoms with van der Waals surface area (Å²) in [7, 11) is -3.98. The molecule has 0 aliphatic carbocycles. The first kappa shape index (κ1) is 16.7. The highest BCUT2D eigenvalue weighted by atomic mass is 32.2. The number of nitrogens with one attached hydrogen (secondary N) is 1. The van der Waals surface area contributed by atoms with Crippen molar-refractivity contribution in [3.05, 3.63) is 16.2 Å². The predicted octanol–water partition coefficient (Wildman–Crippen LogP) is 0.798. The van der Waals surface area contributed by atoms with Crippen LogP contribution in [0.25, 0.3) is 0 Å². The topological polar surface area (TPSA) is 125 Å². The average Bonchev–Trinajstić information content (AvgIpc) is 2.71. The van der Waals surface area contributed by atoms with E-state index in [0.717, 1.165) is 6.07 Å². The van der Waals surface area contributed by atoms with Gasteiger partial charge in [-0.15, -0.1) is 0 Å². The summed E-state index contributed by atoms with van der Waals surface area (Å²) in [6.07, 6.45) is -2.63. The highest BCUT2D eigenvalue weighted by Gasteiger charge is 2.24. The van der Waals surface area contributed by atoms with Gasteiger partial charge >= 0.3 is 5.69 Å². The van der Waals surface area contributed by atoms with Crippen molar-refractivity contribution in [2.75, 3.05) is 25.5 Å². The first-order chi connectivity index (χ1) is 9.24. The molecule has 0 spiro atoms. The first-order valence-electron chi connectivity index (χ1n) is 5.13. The van der Waals surface area contributed by atoms with Gasteiger partial charge in [0.05, 0.1) is 11.5 Å². The fourth-order valence-electron chi connectivity index (χ4n) is 1.14. The zero-order valence-electron chi connectivity index (χ0n) is 9.91. The van der Waals surface area contributed by atoms with Crippen molar-refractivity contribution in [3.8, 4) is 0 Å². The molecule has 0 atom stereocenters. The zero-order chi connectivity index (χ0) is 15.3. The minimum absolute atomic E-state index is 0.232. The van der Waals surface area contributed by atoms with Gasteiger partial charge in [0.2, 0.25) is 10.0 Å². The Balaban J connectivity index is 2.61. The van der Waals surface area contributed by atoms with Crippen LogP contribution >= 0.6 is 11.3 Å². The molecule has 12 heteroatoms. The largest absolute Gasteiger partial charge is 0.385 e. The van der Waals surface area contributed by atoms with Gasteiger partial charge in [-0.05, 0) is 0 Å². The SMILES string of the molecule is Nc1sc(S(=O)(=O)NCCOCC(F)F)cc1[N+](=O)[O-]. The van der Waals surface area contributed by atoms with Crippen LogP contribution in [0.3, 0.4) is 0 Å². The Morgan fingerprint density at radius 2 is 2.20 bits per heavy atom. The van der Waals surface area contributed by atoms with Gasteiger partial charge in [-0.3, -0.25) is 10.1 Å². The fourth-order valence-corrected chi connectivity index (χ4v) is 3.41. The predicted molar refractivity (Wildman–Crippen MR) is 67.4 cm³/mol. The van der Waals surface area contributed by atoms with E-state index in [1.54, 1.807) is 0 Å². The van der Waals surface area contributed by atoms with Crippen molar-refractivity contribution in [1.29, 1.82) is 0 Å². The van der Waals surface area contributed by atoms with Gasteiger partial charge in [-0.1, -0.05) is 11.3 Å². The summed E-state index contributed by atoms with van der Waals surface area (Å²) in [4.78, 5) is 9.76. The first-order valence-corrected chi connectivity index (χ1v) is 7.43. The molecule has 0 saturated carbocycles. The lowest BCUT2D eigenvalue weighted by molar-refractivity contribution is -0.383. The van der Waals surface area contributed by atoms with Crippen LogP contribution in [0.4, 0.5) is 19.5 Å². The van der Waals surface area contributed by atoms with E-state index < -0.39 is 33.7 Å². The Morgan fingerprint density at radius 3 is 2.70 bits per heavy atom. The van der Waals surface area contributed by atoms with Crippen LogP contribution in [-0.4, -0.2) is 39.5 Å². The number of ether oxygens (including phenoxy) is 1. The van der Waals surface area contributed by atoms with Gasteiger partial charge in [-0.2, -0.15) is 0 Å². The van der Waals surface area contributed by atoms with Crippen LogP contribution in [0.15, 0.2) is 10.3 Å². The quantitative estimate of drug-likeness (QED) is 0.412. The van der Waals surface area contributed by atoms with E-state index in [1.807, 2.05) is 0 Å². The van der Waals surface area contributed by atoms with E-state index >= 15 is 0 Å². The van der Waals surface area contributed by atoms with Crippen molar-refractivity contribution in [3.63, 3.8) is 0 Å². The monoisotopic (exact) mass is 331 g/mol. The molecule has 0 aromatic carbocycles. The van der Waals surface area contributed by atoms with Gasteiger partial charge in [-0.25, -0.2) is 21.9 Å². The van der Waals surface area contributed by atoms with Crippen LogP contribution in [0, 0.1) is 10.1 Å². The number of rotatable bonds is 8. The number of nitro groups is 1. The number of thiophene rings is 1. The minimum atomic E-state index is -3.98. The Labute approximate surface area is 116 Å². The van der Waals surface area contributed by atoms with Crippen LogP contribution in [0.5, 0.6) is 0 Å².